The number of hydrogen-bond donors (Lipinski definition) is 1. The standard InChI is InChI=1S/C9H11BrIN/c1-2-9(12)6-3-4-8(11)7(10)5-6/h3-5,9H,2,12H2,1H3/t9-/m1/s1. The first-order valence-electron chi connectivity index (χ1n) is 3.85. The van der Waals surface area contributed by atoms with E-state index in [4.69, 9.17) is 5.73 Å². The Morgan fingerprint density at radius 2 is 2.25 bits per heavy atom. The van der Waals surface area contributed by atoms with Crippen LogP contribution >= 0.6 is 38.5 Å². The molecule has 0 bridgehead atoms. The lowest BCUT2D eigenvalue weighted by molar-refractivity contribution is 0.698. The van der Waals surface area contributed by atoms with Crippen molar-refractivity contribution in [3.63, 3.8) is 0 Å². The van der Waals surface area contributed by atoms with Crippen molar-refractivity contribution in [1.82, 2.24) is 0 Å². The maximum Gasteiger partial charge on any atom is 0.0312 e. The second kappa shape index (κ2) is 4.58. The van der Waals surface area contributed by atoms with Crippen LogP contribution in [0.5, 0.6) is 0 Å². The van der Waals surface area contributed by atoms with E-state index in [9.17, 15) is 0 Å². The Morgan fingerprint density at radius 1 is 1.58 bits per heavy atom. The molecule has 12 heavy (non-hydrogen) atoms. The van der Waals surface area contributed by atoms with Gasteiger partial charge in [-0.25, -0.2) is 0 Å². The van der Waals surface area contributed by atoms with E-state index in [1.54, 1.807) is 0 Å². The molecule has 66 valence electrons. The van der Waals surface area contributed by atoms with Crippen molar-refractivity contribution < 1.29 is 0 Å². The molecule has 1 rings (SSSR count). The highest BCUT2D eigenvalue weighted by Gasteiger charge is 2.04. The quantitative estimate of drug-likeness (QED) is 0.820. The molecule has 0 aliphatic carbocycles. The van der Waals surface area contributed by atoms with Crippen molar-refractivity contribution in [1.29, 1.82) is 0 Å². The SMILES string of the molecule is CC[C@@H](N)c1ccc(I)c(Br)c1. The molecule has 0 saturated heterocycles. The van der Waals surface area contributed by atoms with Gasteiger partial charge in [0.15, 0.2) is 0 Å². The molecular formula is C9H11BrIN. The van der Waals surface area contributed by atoms with Gasteiger partial charge < -0.3 is 5.73 Å². The Hall–Kier alpha value is 0.390. The Kier molecular flexibility index (Phi) is 3.99. The molecule has 0 amide bonds. The molecule has 1 nitrogen and oxygen atoms in total. The fraction of sp³-hybridized carbons (Fsp3) is 0.333. The second-order valence-corrected chi connectivity index (χ2v) is 4.70. The van der Waals surface area contributed by atoms with Crippen molar-refractivity contribution in [2.45, 2.75) is 19.4 Å². The largest absolute Gasteiger partial charge is 0.324 e. The smallest absolute Gasteiger partial charge is 0.0312 e. The van der Waals surface area contributed by atoms with Gasteiger partial charge >= 0.3 is 0 Å². The molecule has 0 unspecified atom stereocenters. The first kappa shape index (κ1) is 10.5. The van der Waals surface area contributed by atoms with Crippen LogP contribution in [0.1, 0.15) is 24.9 Å². The van der Waals surface area contributed by atoms with Crippen molar-refractivity contribution >= 4 is 38.5 Å². The molecule has 0 fully saturated rings. The maximum atomic E-state index is 5.89. The Balaban J connectivity index is 2.96. The summed E-state index contributed by atoms with van der Waals surface area (Å²) in [6.45, 7) is 2.09. The molecule has 1 aromatic carbocycles. The van der Waals surface area contributed by atoms with Crippen LogP contribution in [-0.4, -0.2) is 0 Å². The number of nitrogens with two attached hydrogens (primary N) is 1. The van der Waals surface area contributed by atoms with E-state index < -0.39 is 0 Å². The van der Waals surface area contributed by atoms with Gasteiger partial charge in [0, 0.05) is 14.1 Å². The minimum Gasteiger partial charge on any atom is -0.324 e. The van der Waals surface area contributed by atoms with Crippen LogP contribution in [0, 0.1) is 3.57 Å². The lowest BCUT2D eigenvalue weighted by atomic mass is 10.1. The summed E-state index contributed by atoms with van der Waals surface area (Å²) >= 11 is 5.77. The molecule has 2 N–H and O–H groups in total. The summed E-state index contributed by atoms with van der Waals surface area (Å²) in [6.07, 6.45) is 0.979. The van der Waals surface area contributed by atoms with Crippen molar-refractivity contribution in [3.8, 4) is 0 Å². The van der Waals surface area contributed by atoms with Crippen LogP contribution in [-0.2, 0) is 0 Å². The van der Waals surface area contributed by atoms with Gasteiger partial charge in [0.2, 0.25) is 0 Å². The van der Waals surface area contributed by atoms with E-state index in [0.29, 0.717) is 0 Å². The molecule has 0 aliphatic heterocycles. The summed E-state index contributed by atoms with van der Waals surface area (Å²) in [6, 6.07) is 6.42. The first-order valence-corrected chi connectivity index (χ1v) is 5.73. The molecule has 0 aliphatic rings. The van der Waals surface area contributed by atoms with Gasteiger partial charge in [-0.15, -0.1) is 0 Å². The molecule has 1 atom stereocenters. The topological polar surface area (TPSA) is 26.0 Å². The maximum absolute atomic E-state index is 5.89. The predicted octanol–water partition coefficient (Wildman–Crippen LogP) is 3.46. The third kappa shape index (κ3) is 2.44. The van der Waals surface area contributed by atoms with Crippen molar-refractivity contribution in [2.75, 3.05) is 0 Å². The van der Waals surface area contributed by atoms with Crippen molar-refractivity contribution in [2.24, 2.45) is 5.73 Å². The van der Waals surface area contributed by atoms with Gasteiger partial charge in [-0.3, -0.25) is 0 Å². The number of rotatable bonds is 2. The fourth-order valence-corrected chi connectivity index (χ4v) is 1.71. The fourth-order valence-electron chi connectivity index (χ4n) is 0.979. The van der Waals surface area contributed by atoms with E-state index in [0.717, 1.165) is 10.9 Å². The summed E-state index contributed by atoms with van der Waals surface area (Å²) in [5.41, 5.74) is 7.09. The van der Waals surface area contributed by atoms with E-state index in [1.807, 2.05) is 0 Å². The molecule has 0 saturated carbocycles. The lowest BCUT2D eigenvalue weighted by Crippen LogP contribution is -2.08. The zero-order valence-electron chi connectivity index (χ0n) is 6.85. The lowest BCUT2D eigenvalue weighted by Gasteiger charge is -2.09. The summed E-state index contributed by atoms with van der Waals surface area (Å²) in [7, 11) is 0. The molecule has 3 heteroatoms. The third-order valence-corrected chi connectivity index (χ3v) is 4.15. The van der Waals surface area contributed by atoms with Gasteiger partial charge in [0.25, 0.3) is 0 Å². The Morgan fingerprint density at radius 3 is 2.75 bits per heavy atom. The van der Waals surface area contributed by atoms with Crippen LogP contribution < -0.4 is 5.73 Å². The number of benzene rings is 1. The van der Waals surface area contributed by atoms with Gasteiger partial charge in [0.1, 0.15) is 0 Å². The Labute approximate surface area is 95.0 Å². The summed E-state index contributed by atoms with van der Waals surface area (Å²) in [4.78, 5) is 0. The molecular weight excluding hydrogens is 329 g/mol. The second-order valence-electron chi connectivity index (χ2n) is 2.69. The van der Waals surface area contributed by atoms with Crippen LogP contribution in [0.4, 0.5) is 0 Å². The monoisotopic (exact) mass is 339 g/mol. The van der Waals surface area contributed by atoms with Crippen LogP contribution in [0.3, 0.4) is 0 Å². The number of halogens is 2. The third-order valence-electron chi connectivity index (χ3n) is 1.81. The summed E-state index contributed by atoms with van der Waals surface area (Å²) in [5.74, 6) is 0. The molecule has 0 radical (unpaired) electrons. The highest BCUT2D eigenvalue weighted by molar-refractivity contribution is 14.1. The molecule has 0 aromatic heterocycles. The van der Waals surface area contributed by atoms with Gasteiger partial charge in [-0.2, -0.15) is 0 Å². The van der Waals surface area contributed by atoms with E-state index in [2.05, 4.69) is 63.6 Å². The average Bonchev–Trinajstić information content (AvgIpc) is 2.08. The van der Waals surface area contributed by atoms with Gasteiger partial charge in [-0.1, -0.05) is 13.0 Å². The number of hydrogen-bond acceptors (Lipinski definition) is 1. The van der Waals surface area contributed by atoms with E-state index >= 15 is 0 Å². The first-order chi connectivity index (χ1) is 5.65. The molecule has 0 heterocycles. The van der Waals surface area contributed by atoms with E-state index in [1.165, 1.54) is 9.13 Å². The van der Waals surface area contributed by atoms with Crippen LogP contribution in [0.2, 0.25) is 0 Å². The summed E-state index contributed by atoms with van der Waals surface area (Å²) < 4.78 is 2.35. The molecule has 0 spiro atoms. The zero-order valence-corrected chi connectivity index (χ0v) is 10.6. The van der Waals surface area contributed by atoms with Crippen molar-refractivity contribution in [3.05, 3.63) is 31.8 Å². The normalized spacial score (nSPS) is 13.0. The van der Waals surface area contributed by atoms with Crippen LogP contribution in [0.25, 0.3) is 0 Å². The average molecular weight is 340 g/mol. The van der Waals surface area contributed by atoms with Crippen LogP contribution in [0.15, 0.2) is 22.7 Å². The van der Waals surface area contributed by atoms with Gasteiger partial charge in [0.05, 0.1) is 0 Å². The summed E-state index contributed by atoms with van der Waals surface area (Å²) in [5, 5.41) is 0. The predicted molar refractivity (Wildman–Crippen MR) is 64.1 cm³/mol. The van der Waals surface area contributed by atoms with E-state index in [-0.39, 0.29) is 6.04 Å². The highest BCUT2D eigenvalue weighted by atomic mass is 127. The molecule has 1 aromatic rings. The van der Waals surface area contributed by atoms with Gasteiger partial charge in [-0.05, 0) is 62.6 Å². The highest BCUT2D eigenvalue weighted by Crippen LogP contribution is 2.23. The zero-order chi connectivity index (χ0) is 9.14. The minimum atomic E-state index is 0.165. The Bertz CT molecular complexity index is 275. The minimum absolute atomic E-state index is 0.165.